The molecule has 0 unspecified atom stereocenters. The van der Waals surface area contributed by atoms with E-state index in [1.54, 1.807) is 49.4 Å². The van der Waals surface area contributed by atoms with Crippen molar-refractivity contribution in [2.45, 2.75) is 38.1 Å². The first-order valence-electron chi connectivity index (χ1n) is 13.0. The largest absolute Gasteiger partial charge is 0.497 e. The van der Waals surface area contributed by atoms with Crippen molar-refractivity contribution in [3.8, 4) is 5.75 Å². The molecule has 0 aliphatic heterocycles. The number of ether oxygens (including phenoxy) is 1. The van der Waals surface area contributed by atoms with E-state index >= 15 is 0 Å². The van der Waals surface area contributed by atoms with Gasteiger partial charge in [-0.2, -0.15) is 0 Å². The second-order valence-electron chi connectivity index (χ2n) is 9.66. The van der Waals surface area contributed by atoms with Gasteiger partial charge in [0.2, 0.25) is 11.8 Å². The molecule has 0 aliphatic rings. The number of carbonyl (C=O) groups is 2. The minimum absolute atomic E-state index is 0.0622. The van der Waals surface area contributed by atoms with Crippen molar-refractivity contribution in [2.24, 2.45) is 5.92 Å². The number of nitrogens with one attached hydrogen (secondary N) is 1. The van der Waals surface area contributed by atoms with Crippen molar-refractivity contribution in [1.82, 2.24) is 10.2 Å². The fourth-order valence-corrected chi connectivity index (χ4v) is 5.45. The molecule has 0 saturated carbocycles. The third kappa shape index (κ3) is 8.07. The number of carbonyl (C=O) groups excluding carboxylic acids is 2. The van der Waals surface area contributed by atoms with Crippen LogP contribution in [0.15, 0.2) is 89.8 Å². The fourth-order valence-electron chi connectivity index (χ4n) is 4.02. The minimum Gasteiger partial charge on any atom is -0.497 e. The maximum atomic E-state index is 13.8. The molecule has 0 fully saturated rings. The molecule has 0 aliphatic carbocycles. The zero-order valence-corrected chi connectivity index (χ0v) is 23.7. The van der Waals surface area contributed by atoms with Crippen molar-refractivity contribution >= 4 is 27.5 Å². The van der Waals surface area contributed by atoms with Gasteiger partial charge in [-0.15, -0.1) is 0 Å². The van der Waals surface area contributed by atoms with Gasteiger partial charge in [0.05, 0.1) is 17.7 Å². The molecule has 0 radical (unpaired) electrons. The molecular formula is C30H37N3O5S. The number of anilines is 1. The normalized spacial score (nSPS) is 12.0. The summed E-state index contributed by atoms with van der Waals surface area (Å²) in [6.07, 6.45) is 0.516. The summed E-state index contributed by atoms with van der Waals surface area (Å²) in [4.78, 5) is 28.4. The van der Waals surface area contributed by atoms with Crippen molar-refractivity contribution in [3.63, 3.8) is 0 Å². The molecule has 0 bridgehead atoms. The highest BCUT2D eigenvalue weighted by Crippen LogP contribution is 2.26. The Balaban J connectivity index is 1.95. The van der Waals surface area contributed by atoms with Gasteiger partial charge in [0.1, 0.15) is 18.3 Å². The number of sulfonamides is 1. The Morgan fingerprint density at radius 1 is 0.872 bits per heavy atom. The van der Waals surface area contributed by atoms with Gasteiger partial charge < -0.3 is 15.0 Å². The van der Waals surface area contributed by atoms with E-state index in [0.717, 1.165) is 9.87 Å². The van der Waals surface area contributed by atoms with E-state index < -0.39 is 28.5 Å². The summed E-state index contributed by atoms with van der Waals surface area (Å²) < 4.78 is 33.8. The molecule has 0 aromatic heterocycles. The summed E-state index contributed by atoms with van der Waals surface area (Å²) >= 11 is 0. The van der Waals surface area contributed by atoms with Crippen LogP contribution in [0.5, 0.6) is 5.75 Å². The topological polar surface area (TPSA) is 96.0 Å². The number of benzene rings is 3. The number of methoxy groups -OCH3 is 1. The molecule has 0 spiro atoms. The van der Waals surface area contributed by atoms with Crippen LogP contribution in [0.4, 0.5) is 5.69 Å². The van der Waals surface area contributed by atoms with E-state index in [-0.39, 0.29) is 23.3 Å². The molecule has 1 atom stereocenters. The summed E-state index contributed by atoms with van der Waals surface area (Å²) in [7, 11) is -2.57. The summed E-state index contributed by atoms with van der Waals surface area (Å²) in [5.41, 5.74) is 1.32. The number of nitrogens with zero attached hydrogens (tertiary/aromatic N) is 2. The van der Waals surface area contributed by atoms with Crippen LogP contribution in [0.1, 0.15) is 26.3 Å². The summed E-state index contributed by atoms with van der Waals surface area (Å²) in [6, 6.07) is 23.3. The highest BCUT2D eigenvalue weighted by atomic mass is 32.2. The highest BCUT2D eigenvalue weighted by molar-refractivity contribution is 7.92. The smallest absolute Gasteiger partial charge is 0.264 e. The van der Waals surface area contributed by atoms with Crippen molar-refractivity contribution in [2.75, 3.05) is 31.0 Å². The zero-order chi connectivity index (χ0) is 28.4. The van der Waals surface area contributed by atoms with Gasteiger partial charge in [0.15, 0.2) is 0 Å². The lowest BCUT2D eigenvalue weighted by Crippen LogP contribution is -2.52. The number of amides is 2. The predicted molar refractivity (Wildman–Crippen MR) is 153 cm³/mol. The molecule has 208 valence electrons. The standard InChI is InChI=1S/C30H37N3O5S/c1-23(2)21-31-30(35)24(3)32(20-19-25-11-7-5-8-12-25)29(34)22-33(26-15-17-27(38-4)18-16-26)39(36,37)28-13-9-6-10-14-28/h5-18,23-24H,19-22H2,1-4H3,(H,31,35)/t24-/m0/s1. The molecule has 3 aromatic carbocycles. The molecule has 0 saturated heterocycles. The average molecular weight is 552 g/mol. The average Bonchev–Trinajstić information content (AvgIpc) is 2.95. The van der Waals surface area contributed by atoms with Gasteiger partial charge in [-0.05, 0) is 61.2 Å². The third-order valence-corrected chi connectivity index (χ3v) is 8.09. The van der Waals surface area contributed by atoms with Gasteiger partial charge in [0.25, 0.3) is 10.0 Å². The Labute approximate surface area is 231 Å². The van der Waals surface area contributed by atoms with Gasteiger partial charge in [-0.25, -0.2) is 8.42 Å². The molecule has 3 aromatic rings. The summed E-state index contributed by atoms with van der Waals surface area (Å²) in [5.74, 6) is 0.0405. The molecule has 9 heteroatoms. The first-order valence-corrected chi connectivity index (χ1v) is 14.4. The van der Waals surface area contributed by atoms with Crippen molar-refractivity contribution in [3.05, 3.63) is 90.5 Å². The van der Waals surface area contributed by atoms with E-state index in [1.165, 1.54) is 24.1 Å². The first-order chi connectivity index (χ1) is 18.6. The molecule has 1 N–H and O–H groups in total. The Morgan fingerprint density at radius 3 is 2.03 bits per heavy atom. The Bertz CT molecular complexity index is 1310. The Kier molecular flexibility index (Phi) is 10.5. The first kappa shape index (κ1) is 29.7. The van der Waals surface area contributed by atoms with Crippen LogP contribution in [0.25, 0.3) is 0 Å². The molecule has 3 rings (SSSR count). The van der Waals surface area contributed by atoms with Crippen LogP contribution in [-0.4, -0.2) is 57.9 Å². The summed E-state index contributed by atoms with van der Waals surface area (Å²) in [6.45, 7) is 5.90. The van der Waals surface area contributed by atoms with Crippen LogP contribution in [0, 0.1) is 5.92 Å². The molecule has 8 nitrogen and oxygen atoms in total. The molecule has 39 heavy (non-hydrogen) atoms. The van der Waals surface area contributed by atoms with Crippen LogP contribution >= 0.6 is 0 Å². The summed E-state index contributed by atoms with van der Waals surface area (Å²) in [5, 5.41) is 2.89. The predicted octanol–water partition coefficient (Wildman–Crippen LogP) is 4.12. The van der Waals surface area contributed by atoms with Crippen LogP contribution < -0.4 is 14.4 Å². The van der Waals surface area contributed by atoms with Crippen LogP contribution in [0.2, 0.25) is 0 Å². The number of hydrogen-bond donors (Lipinski definition) is 1. The monoisotopic (exact) mass is 551 g/mol. The van der Waals surface area contributed by atoms with E-state index in [0.29, 0.717) is 24.4 Å². The van der Waals surface area contributed by atoms with Crippen molar-refractivity contribution < 1.29 is 22.7 Å². The fraction of sp³-hybridized carbons (Fsp3) is 0.333. The third-order valence-electron chi connectivity index (χ3n) is 6.31. The van der Waals surface area contributed by atoms with E-state index in [4.69, 9.17) is 4.74 Å². The van der Waals surface area contributed by atoms with Gasteiger partial charge in [-0.3, -0.25) is 13.9 Å². The molecular weight excluding hydrogens is 514 g/mol. The highest BCUT2D eigenvalue weighted by Gasteiger charge is 2.32. The number of hydrogen-bond acceptors (Lipinski definition) is 5. The lowest BCUT2D eigenvalue weighted by atomic mass is 10.1. The maximum absolute atomic E-state index is 13.8. The van der Waals surface area contributed by atoms with Gasteiger partial charge in [-0.1, -0.05) is 62.4 Å². The lowest BCUT2D eigenvalue weighted by Gasteiger charge is -2.32. The Hall–Kier alpha value is -3.85. The van der Waals surface area contributed by atoms with Crippen molar-refractivity contribution in [1.29, 1.82) is 0 Å². The van der Waals surface area contributed by atoms with E-state index in [9.17, 15) is 18.0 Å². The van der Waals surface area contributed by atoms with Gasteiger partial charge >= 0.3 is 0 Å². The van der Waals surface area contributed by atoms with Gasteiger partial charge in [0, 0.05) is 13.1 Å². The van der Waals surface area contributed by atoms with E-state index in [1.807, 2.05) is 44.2 Å². The van der Waals surface area contributed by atoms with Crippen LogP contribution in [0.3, 0.4) is 0 Å². The maximum Gasteiger partial charge on any atom is 0.264 e. The zero-order valence-electron chi connectivity index (χ0n) is 22.9. The molecule has 2 amide bonds. The minimum atomic E-state index is -4.09. The van der Waals surface area contributed by atoms with E-state index in [2.05, 4.69) is 5.32 Å². The lowest BCUT2D eigenvalue weighted by molar-refractivity contribution is -0.138. The SMILES string of the molecule is COc1ccc(N(CC(=O)N(CCc2ccccc2)[C@@H](C)C(=O)NCC(C)C)S(=O)(=O)c2ccccc2)cc1. The second kappa shape index (κ2) is 13.8. The van der Waals surface area contributed by atoms with Crippen LogP contribution in [-0.2, 0) is 26.0 Å². The number of rotatable bonds is 13. The second-order valence-corrected chi connectivity index (χ2v) is 11.5. The molecule has 0 heterocycles. The quantitative estimate of drug-likeness (QED) is 0.345. The Morgan fingerprint density at radius 2 is 1.46 bits per heavy atom.